The summed E-state index contributed by atoms with van der Waals surface area (Å²) in [5, 5.41) is 8.56. The first-order valence-corrected chi connectivity index (χ1v) is 15.2. The second kappa shape index (κ2) is 25.5. The zero-order valence-corrected chi connectivity index (χ0v) is 22.9. The van der Waals surface area contributed by atoms with Crippen molar-refractivity contribution < 1.29 is 9.90 Å². The first-order chi connectivity index (χ1) is 17.3. The van der Waals surface area contributed by atoms with Crippen LogP contribution in [0.4, 0.5) is 0 Å². The summed E-state index contributed by atoms with van der Waals surface area (Å²) in [6, 6.07) is 0. The Balaban J connectivity index is 0.000000271. The first kappa shape index (κ1) is 31.5. The fourth-order valence-corrected chi connectivity index (χ4v) is 4.83. The van der Waals surface area contributed by atoms with Crippen LogP contribution in [0.25, 0.3) is 0 Å². The van der Waals surface area contributed by atoms with E-state index in [4.69, 9.17) is 5.11 Å². The maximum atomic E-state index is 10.4. The summed E-state index contributed by atoms with van der Waals surface area (Å²) >= 11 is 0. The van der Waals surface area contributed by atoms with Crippen molar-refractivity contribution in [2.75, 3.05) is 0 Å². The van der Waals surface area contributed by atoms with Gasteiger partial charge in [-0.2, -0.15) is 0 Å². The standard InChI is InChI=1S/C13H20O2.2C10H18/c14-13(15)11-10-12-8-6-4-2-1-3-5-7-9-12;2*1-2-4-6-8-10-9-7-5-3-1/h8,10-11H,1-7,9H2,(H,14,15);2*1-2H,3-10H2/b11-10?,12-8+;;. The molecule has 0 aromatic heterocycles. The Hall–Kier alpha value is -1.57. The molecule has 0 aromatic carbocycles. The third-order valence-electron chi connectivity index (χ3n) is 7.08. The van der Waals surface area contributed by atoms with Crippen LogP contribution in [0.1, 0.15) is 154 Å². The van der Waals surface area contributed by atoms with E-state index in [1.54, 1.807) is 6.08 Å². The van der Waals surface area contributed by atoms with Gasteiger partial charge >= 0.3 is 5.97 Å². The van der Waals surface area contributed by atoms with Crippen LogP contribution in [-0.2, 0) is 4.79 Å². The zero-order chi connectivity index (χ0) is 25.1. The van der Waals surface area contributed by atoms with Gasteiger partial charge in [0, 0.05) is 6.08 Å². The molecule has 1 N–H and O–H groups in total. The molecule has 0 bridgehead atoms. The average molecular weight is 485 g/mol. The van der Waals surface area contributed by atoms with E-state index >= 15 is 0 Å². The highest BCUT2D eigenvalue weighted by atomic mass is 16.4. The van der Waals surface area contributed by atoms with Crippen molar-refractivity contribution in [1.29, 1.82) is 0 Å². The minimum atomic E-state index is -0.854. The van der Waals surface area contributed by atoms with Gasteiger partial charge < -0.3 is 5.11 Å². The van der Waals surface area contributed by atoms with Gasteiger partial charge in [0.05, 0.1) is 0 Å². The summed E-state index contributed by atoms with van der Waals surface area (Å²) in [6.45, 7) is 0. The van der Waals surface area contributed by atoms with Gasteiger partial charge in [-0.1, -0.05) is 119 Å². The van der Waals surface area contributed by atoms with Gasteiger partial charge in [0.1, 0.15) is 0 Å². The minimum Gasteiger partial charge on any atom is -0.478 e. The van der Waals surface area contributed by atoms with Crippen molar-refractivity contribution in [2.24, 2.45) is 0 Å². The quantitative estimate of drug-likeness (QED) is 0.312. The third-order valence-corrected chi connectivity index (χ3v) is 7.08. The van der Waals surface area contributed by atoms with Crippen LogP contribution in [0.5, 0.6) is 0 Å². The largest absolute Gasteiger partial charge is 0.478 e. The molecule has 0 spiro atoms. The highest BCUT2D eigenvalue weighted by Gasteiger charge is 1.99. The van der Waals surface area contributed by atoms with Crippen molar-refractivity contribution in [3.8, 4) is 0 Å². The molecule has 0 aliphatic heterocycles. The topological polar surface area (TPSA) is 37.3 Å². The van der Waals surface area contributed by atoms with Crippen molar-refractivity contribution in [3.63, 3.8) is 0 Å². The molecular formula is C33H56O2. The summed E-state index contributed by atoms with van der Waals surface area (Å²) in [5.74, 6) is -0.854. The Morgan fingerprint density at radius 2 is 0.857 bits per heavy atom. The van der Waals surface area contributed by atoms with E-state index in [9.17, 15) is 4.79 Å². The van der Waals surface area contributed by atoms with Gasteiger partial charge in [-0.05, 0) is 77.0 Å². The van der Waals surface area contributed by atoms with Gasteiger partial charge in [-0.25, -0.2) is 4.79 Å². The first-order valence-electron chi connectivity index (χ1n) is 15.2. The molecule has 2 heteroatoms. The number of carboxylic acid groups (broad SMARTS) is 1. The number of hydrogen-bond acceptors (Lipinski definition) is 1. The lowest BCUT2D eigenvalue weighted by molar-refractivity contribution is -0.131. The van der Waals surface area contributed by atoms with E-state index in [-0.39, 0.29) is 0 Å². The maximum absolute atomic E-state index is 10.4. The smallest absolute Gasteiger partial charge is 0.328 e. The summed E-state index contributed by atoms with van der Waals surface area (Å²) in [7, 11) is 0. The Kier molecular flexibility index (Phi) is 22.9. The summed E-state index contributed by atoms with van der Waals surface area (Å²) < 4.78 is 0. The van der Waals surface area contributed by atoms with Gasteiger partial charge in [0.2, 0.25) is 0 Å². The lowest BCUT2D eigenvalue weighted by atomic mass is 10.00. The molecule has 3 aliphatic carbocycles. The van der Waals surface area contributed by atoms with E-state index < -0.39 is 5.97 Å². The van der Waals surface area contributed by atoms with E-state index in [0.29, 0.717) is 0 Å². The number of rotatable bonds is 2. The van der Waals surface area contributed by atoms with Crippen molar-refractivity contribution in [1.82, 2.24) is 0 Å². The molecule has 0 unspecified atom stereocenters. The Bertz CT molecular complexity index is 546. The lowest BCUT2D eigenvalue weighted by Gasteiger charge is -2.06. The fourth-order valence-electron chi connectivity index (χ4n) is 4.83. The van der Waals surface area contributed by atoms with Crippen LogP contribution >= 0.6 is 0 Å². The van der Waals surface area contributed by atoms with Crippen LogP contribution < -0.4 is 0 Å². The fraction of sp³-hybridized carbons (Fsp3) is 0.727. The van der Waals surface area contributed by atoms with E-state index in [0.717, 1.165) is 12.8 Å². The number of hydrogen-bond donors (Lipinski definition) is 1. The molecule has 0 saturated carbocycles. The lowest BCUT2D eigenvalue weighted by Crippen LogP contribution is -1.90. The molecular weight excluding hydrogens is 428 g/mol. The van der Waals surface area contributed by atoms with Crippen LogP contribution in [0.2, 0.25) is 0 Å². The molecule has 3 rings (SSSR count). The summed E-state index contributed by atoms with van der Waals surface area (Å²) in [5.41, 5.74) is 1.19. The SMILES string of the molecule is C1=CCCCCCCCC1.C1=CCCCCCCCC1.O=C(O)C=C/C1=C/CCCCCCCC1. The van der Waals surface area contributed by atoms with Crippen LogP contribution in [-0.4, -0.2) is 11.1 Å². The second-order valence-electron chi connectivity index (χ2n) is 10.5. The Morgan fingerprint density at radius 3 is 1.26 bits per heavy atom. The number of carboxylic acids is 1. The summed E-state index contributed by atoms with van der Waals surface area (Å²) in [6.07, 6.45) is 47.0. The highest BCUT2D eigenvalue weighted by Crippen LogP contribution is 2.17. The van der Waals surface area contributed by atoms with Crippen molar-refractivity contribution >= 4 is 5.97 Å². The molecule has 0 atom stereocenters. The van der Waals surface area contributed by atoms with Crippen LogP contribution in [0.15, 0.2) is 48.1 Å². The molecule has 0 amide bonds. The average Bonchev–Trinajstić information content (AvgIpc) is 2.89. The van der Waals surface area contributed by atoms with E-state index in [1.165, 1.54) is 153 Å². The van der Waals surface area contributed by atoms with Gasteiger partial charge in [-0.15, -0.1) is 0 Å². The molecule has 0 radical (unpaired) electrons. The normalized spacial score (nSPS) is 22.8. The second-order valence-corrected chi connectivity index (χ2v) is 10.5. The molecule has 35 heavy (non-hydrogen) atoms. The van der Waals surface area contributed by atoms with E-state index in [1.807, 2.05) is 0 Å². The molecule has 0 heterocycles. The maximum Gasteiger partial charge on any atom is 0.328 e. The minimum absolute atomic E-state index is 0.854. The monoisotopic (exact) mass is 484 g/mol. The van der Waals surface area contributed by atoms with Crippen molar-refractivity contribution in [3.05, 3.63) is 48.1 Å². The molecule has 200 valence electrons. The number of carbonyl (C=O) groups is 1. The van der Waals surface area contributed by atoms with E-state index in [2.05, 4.69) is 30.4 Å². The Morgan fingerprint density at radius 1 is 0.514 bits per heavy atom. The molecule has 3 aliphatic rings. The van der Waals surface area contributed by atoms with Crippen molar-refractivity contribution in [2.45, 2.75) is 154 Å². The third kappa shape index (κ3) is 23.9. The summed E-state index contributed by atoms with van der Waals surface area (Å²) in [4.78, 5) is 10.4. The van der Waals surface area contributed by atoms with Gasteiger partial charge in [0.15, 0.2) is 0 Å². The predicted octanol–water partition coefficient (Wildman–Crippen LogP) is 11.0. The zero-order valence-electron chi connectivity index (χ0n) is 22.9. The number of aliphatic carboxylic acids is 1. The van der Waals surface area contributed by atoms with Gasteiger partial charge in [-0.3, -0.25) is 0 Å². The molecule has 0 fully saturated rings. The van der Waals surface area contributed by atoms with Crippen LogP contribution in [0.3, 0.4) is 0 Å². The van der Waals surface area contributed by atoms with Crippen LogP contribution in [0, 0.1) is 0 Å². The predicted molar refractivity (Wildman–Crippen MR) is 154 cm³/mol. The highest BCUT2D eigenvalue weighted by molar-refractivity contribution is 5.80. The van der Waals surface area contributed by atoms with Gasteiger partial charge in [0.25, 0.3) is 0 Å². The Labute approximate surface area is 218 Å². The number of allylic oxidation sites excluding steroid dienone is 7. The molecule has 0 aromatic rings. The molecule has 2 nitrogen and oxygen atoms in total. The molecule has 0 saturated heterocycles.